The number of rotatable bonds is 19. The number of benzene rings is 1. The number of hydrogen-bond donors (Lipinski definition) is 1. The number of nitrogens with two attached hydrogens (primary N) is 1. The van der Waals surface area contributed by atoms with Gasteiger partial charge in [-0.05, 0) is 12.0 Å². The molecule has 1 amide bonds. The predicted molar refractivity (Wildman–Crippen MR) is 122 cm³/mol. The van der Waals surface area contributed by atoms with Gasteiger partial charge in [0.25, 0.3) is 0 Å². The highest BCUT2D eigenvalue weighted by Gasteiger charge is 2.17. The Labute approximate surface area is 174 Å². The second kappa shape index (κ2) is 17.8. The molecular weight excluding hydrogens is 342 g/mol. The molecule has 0 spiro atoms. The van der Waals surface area contributed by atoms with Gasteiger partial charge in [0.2, 0.25) is 5.91 Å². The molecule has 2 nitrogen and oxygen atoms in total. The quantitative estimate of drug-likeness (QED) is 0.243. The van der Waals surface area contributed by atoms with E-state index >= 15 is 0 Å². The smallest absolute Gasteiger partial charge is 0.229 e. The van der Waals surface area contributed by atoms with Crippen LogP contribution in [0.1, 0.15) is 122 Å². The first-order chi connectivity index (χ1) is 13.8. The van der Waals surface area contributed by atoms with E-state index < -0.39 is 0 Å². The van der Waals surface area contributed by atoms with E-state index in [2.05, 4.69) is 6.92 Å². The van der Waals surface area contributed by atoms with E-state index in [1.54, 1.807) is 0 Å². The highest BCUT2D eigenvalue weighted by Crippen LogP contribution is 2.22. The maximum absolute atomic E-state index is 11.7. The third kappa shape index (κ3) is 13.0. The first kappa shape index (κ1) is 24.7. The van der Waals surface area contributed by atoms with Crippen LogP contribution in [-0.2, 0) is 4.79 Å². The lowest BCUT2D eigenvalue weighted by Crippen LogP contribution is -2.22. The normalized spacial score (nSPS) is 11.2. The van der Waals surface area contributed by atoms with Gasteiger partial charge in [0.1, 0.15) is 0 Å². The standard InChI is InChI=1S/C26H44NO/c1-2-3-4-5-6-7-8-9-10-11-12-13-14-15-16-20-23-25(26(27)28)24-21-18-17-19-22-24/h17-19,21-22H,2-16,20,23H2,1H3,(H2,27,28). The molecule has 0 aromatic heterocycles. The van der Waals surface area contributed by atoms with Crippen LogP contribution < -0.4 is 5.73 Å². The average molecular weight is 387 g/mol. The Morgan fingerprint density at radius 1 is 0.643 bits per heavy atom. The van der Waals surface area contributed by atoms with Crippen molar-refractivity contribution < 1.29 is 4.79 Å². The number of unbranched alkanes of at least 4 members (excludes halogenated alkanes) is 15. The lowest BCUT2D eigenvalue weighted by molar-refractivity contribution is -0.116. The molecule has 1 rings (SSSR count). The summed E-state index contributed by atoms with van der Waals surface area (Å²) < 4.78 is 0. The molecule has 0 aliphatic heterocycles. The molecule has 1 aromatic carbocycles. The molecule has 159 valence electrons. The Bertz CT molecular complexity index is 471. The van der Waals surface area contributed by atoms with Crippen molar-refractivity contribution in [2.75, 3.05) is 0 Å². The van der Waals surface area contributed by atoms with Crippen molar-refractivity contribution in [3.05, 3.63) is 41.8 Å². The van der Waals surface area contributed by atoms with Crippen LogP contribution in [0.5, 0.6) is 0 Å². The minimum atomic E-state index is -0.271. The molecule has 2 N–H and O–H groups in total. The molecule has 0 fully saturated rings. The highest BCUT2D eigenvalue weighted by molar-refractivity contribution is 5.92. The third-order valence-electron chi connectivity index (χ3n) is 5.70. The Hall–Kier alpha value is -1.31. The molecule has 0 heterocycles. The molecule has 1 radical (unpaired) electrons. The first-order valence-corrected chi connectivity index (χ1v) is 12.0. The van der Waals surface area contributed by atoms with Crippen molar-refractivity contribution in [2.24, 2.45) is 5.73 Å². The van der Waals surface area contributed by atoms with Crippen molar-refractivity contribution in [1.82, 2.24) is 0 Å². The molecule has 0 saturated carbocycles. The van der Waals surface area contributed by atoms with Gasteiger partial charge in [0.15, 0.2) is 0 Å². The van der Waals surface area contributed by atoms with E-state index in [1.165, 1.54) is 96.3 Å². The monoisotopic (exact) mass is 386 g/mol. The fraction of sp³-hybridized carbons (Fsp3) is 0.692. The zero-order chi connectivity index (χ0) is 20.3. The van der Waals surface area contributed by atoms with E-state index in [9.17, 15) is 4.79 Å². The molecule has 0 saturated heterocycles. The largest absolute Gasteiger partial charge is 0.369 e. The number of carbonyl (C=O) groups is 1. The van der Waals surface area contributed by atoms with Crippen LogP contribution in [0.3, 0.4) is 0 Å². The molecular formula is C26H44NO. The summed E-state index contributed by atoms with van der Waals surface area (Å²) in [6.45, 7) is 2.28. The zero-order valence-corrected chi connectivity index (χ0v) is 18.4. The van der Waals surface area contributed by atoms with Crippen LogP contribution in [0, 0.1) is 5.92 Å². The van der Waals surface area contributed by atoms with Gasteiger partial charge in [-0.1, -0.05) is 140 Å². The summed E-state index contributed by atoms with van der Waals surface area (Å²) in [6, 6.07) is 9.85. The van der Waals surface area contributed by atoms with Gasteiger partial charge in [-0.2, -0.15) is 0 Å². The van der Waals surface area contributed by atoms with Crippen molar-refractivity contribution in [2.45, 2.75) is 116 Å². The van der Waals surface area contributed by atoms with Crippen LogP contribution >= 0.6 is 0 Å². The topological polar surface area (TPSA) is 43.1 Å². The van der Waals surface area contributed by atoms with Gasteiger partial charge in [-0.3, -0.25) is 4.79 Å². The summed E-state index contributed by atoms with van der Waals surface area (Å²) in [5.41, 5.74) is 6.54. The fourth-order valence-corrected chi connectivity index (χ4v) is 3.90. The van der Waals surface area contributed by atoms with Crippen LogP contribution in [0.4, 0.5) is 0 Å². The van der Waals surface area contributed by atoms with Gasteiger partial charge in [-0.25, -0.2) is 0 Å². The molecule has 0 bridgehead atoms. The fourth-order valence-electron chi connectivity index (χ4n) is 3.90. The third-order valence-corrected chi connectivity index (χ3v) is 5.70. The lowest BCUT2D eigenvalue weighted by atomic mass is 9.92. The molecule has 0 unspecified atom stereocenters. The van der Waals surface area contributed by atoms with Crippen LogP contribution in [0.25, 0.3) is 0 Å². The molecule has 0 aliphatic carbocycles. The number of primary amides is 1. The molecule has 0 aliphatic rings. The molecule has 28 heavy (non-hydrogen) atoms. The Kier molecular flexibility index (Phi) is 15.7. The maximum atomic E-state index is 11.7. The van der Waals surface area contributed by atoms with Crippen molar-refractivity contribution >= 4 is 5.91 Å². The summed E-state index contributed by atoms with van der Waals surface area (Å²) in [4.78, 5) is 11.7. The summed E-state index contributed by atoms with van der Waals surface area (Å²) >= 11 is 0. The molecule has 0 atom stereocenters. The molecule has 2 heteroatoms. The van der Waals surface area contributed by atoms with Gasteiger partial charge in [0, 0.05) is 0 Å². The van der Waals surface area contributed by atoms with Crippen LogP contribution in [0.2, 0.25) is 0 Å². The zero-order valence-electron chi connectivity index (χ0n) is 18.4. The Morgan fingerprint density at radius 2 is 1.04 bits per heavy atom. The Morgan fingerprint density at radius 3 is 1.43 bits per heavy atom. The summed E-state index contributed by atoms with van der Waals surface area (Å²) in [5.74, 6) is 0.512. The van der Waals surface area contributed by atoms with E-state index in [0.29, 0.717) is 0 Å². The van der Waals surface area contributed by atoms with E-state index in [1.807, 2.05) is 30.3 Å². The summed E-state index contributed by atoms with van der Waals surface area (Å²) in [6.07, 6.45) is 22.6. The number of carbonyl (C=O) groups excluding carboxylic acids is 1. The molecule has 1 aromatic rings. The number of amides is 1. The predicted octanol–water partition coefficient (Wildman–Crippen LogP) is 7.75. The van der Waals surface area contributed by atoms with Gasteiger partial charge in [-0.15, -0.1) is 0 Å². The van der Waals surface area contributed by atoms with Crippen molar-refractivity contribution in [3.8, 4) is 0 Å². The second-order valence-corrected chi connectivity index (χ2v) is 8.26. The van der Waals surface area contributed by atoms with Crippen molar-refractivity contribution in [1.29, 1.82) is 0 Å². The maximum Gasteiger partial charge on any atom is 0.229 e. The van der Waals surface area contributed by atoms with E-state index in [-0.39, 0.29) is 5.91 Å². The van der Waals surface area contributed by atoms with Crippen LogP contribution in [0.15, 0.2) is 30.3 Å². The second-order valence-electron chi connectivity index (χ2n) is 8.26. The van der Waals surface area contributed by atoms with Gasteiger partial charge in [0.05, 0.1) is 5.92 Å². The SMILES string of the molecule is CCCCCCCCCCCCCCCCCC[C](C(N)=O)c1ccccc1. The minimum Gasteiger partial charge on any atom is -0.369 e. The van der Waals surface area contributed by atoms with E-state index in [0.717, 1.165) is 24.3 Å². The lowest BCUT2D eigenvalue weighted by Gasteiger charge is -2.12. The van der Waals surface area contributed by atoms with Gasteiger partial charge >= 0.3 is 0 Å². The van der Waals surface area contributed by atoms with E-state index in [4.69, 9.17) is 5.73 Å². The van der Waals surface area contributed by atoms with Crippen molar-refractivity contribution in [3.63, 3.8) is 0 Å². The minimum absolute atomic E-state index is 0.271. The van der Waals surface area contributed by atoms with Crippen LogP contribution in [-0.4, -0.2) is 5.91 Å². The summed E-state index contributed by atoms with van der Waals surface area (Å²) in [5, 5.41) is 0. The van der Waals surface area contributed by atoms with Gasteiger partial charge < -0.3 is 5.73 Å². The highest BCUT2D eigenvalue weighted by atomic mass is 16.1. The first-order valence-electron chi connectivity index (χ1n) is 12.0. The number of hydrogen-bond acceptors (Lipinski definition) is 1. The average Bonchev–Trinajstić information content (AvgIpc) is 2.70. The Balaban J connectivity index is 1.88. The summed E-state index contributed by atoms with van der Waals surface area (Å²) in [7, 11) is 0.